The maximum atomic E-state index is 12.2. The van der Waals surface area contributed by atoms with E-state index in [4.69, 9.17) is 0 Å². The van der Waals surface area contributed by atoms with Gasteiger partial charge in [0.15, 0.2) is 0 Å². The van der Waals surface area contributed by atoms with Gasteiger partial charge in [-0.05, 0) is 27.2 Å². The van der Waals surface area contributed by atoms with Crippen molar-refractivity contribution in [3.05, 3.63) is 12.7 Å². The van der Waals surface area contributed by atoms with Gasteiger partial charge >= 0.3 is 0 Å². The van der Waals surface area contributed by atoms with Crippen molar-refractivity contribution in [1.29, 1.82) is 0 Å². The van der Waals surface area contributed by atoms with Gasteiger partial charge in [0.05, 0.1) is 12.1 Å². The molecular formula is C12H22N2O2. The number of aliphatic hydroxyl groups excluding tert-OH is 1. The summed E-state index contributed by atoms with van der Waals surface area (Å²) >= 11 is 0. The number of hydrogen-bond donors (Lipinski definition) is 2. The van der Waals surface area contributed by atoms with Crippen LogP contribution in [-0.4, -0.2) is 46.7 Å². The molecule has 2 N–H and O–H groups in total. The molecule has 0 bridgehead atoms. The van der Waals surface area contributed by atoms with E-state index in [1.807, 2.05) is 20.8 Å². The summed E-state index contributed by atoms with van der Waals surface area (Å²) in [5, 5.41) is 12.5. The maximum absolute atomic E-state index is 12.2. The summed E-state index contributed by atoms with van der Waals surface area (Å²) in [6.45, 7) is 10.7. The van der Waals surface area contributed by atoms with Gasteiger partial charge in [0.25, 0.3) is 0 Å². The Labute approximate surface area is 97.3 Å². The fourth-order valence-corrected chi connectivity index (χ4v) is 1.92. The molecule has 0 aromatic rings. The molecule has 0 aliphatic carbocycles. The SMILES string of the molecule is C=CCN(C(=O)C1CC(O)CN1)C(C)(C)C. The van der Waals surface area contributed by atoms with Crippen LogP contribution in [0, 0.1) is 0 Å². The van der Waals surface area contributed by atoms with E-state index in [0.29, 0.717) is 19.5 Å². The summed E-state index contributed by atoms with van der Waals surface area (Å²) in [4.78, 5) is 14.0. The first-order chi connectivity index (χ1) is 7.36. The van der Waals surface area contributed by atoms with Gasteiger partial charge in [0, 0.05) is 18.6 Å². The van der Waals surface area contributed by atoms with E-state index in [0.717, 1.165) is 0 Å². The van der Waals surface area contributed by atoms with Crippen LogP contribution in [0.4, 0.5) is 0 Å². The van der Waals surface area contributed by atoms with Gasteiger partial charge in [-0.15, -0.1) is 6.58 Å². The lowest BCUT2D eigenvalue weighted by molar-refractivity contribution is -0.137. The zero-order valence-electron chi connectivity index (χ0n) is 10.4. The van der Waals surface area contributed by atoms with Crippen LogP contribution in [0.2, 0.25) is 0 Å². The van der Waals surface area contributed by atoms with Crippen molar-refractivity contribution < 1.29 is 9.90 Å². The van der Waals surface area contributed by atoms with E-state index in [2.05, 4.69) is 11.9 Å². The number of rotatable bonds is 3. The fourth-order valence-electron chi connectivity index (χ4n) is 1.92. The summed E-state index contributed by atoms with van der Waals surface area (Å²) in [5.74, 6) is 0.0453. The van der Waals surface area contributed by atoms with E-state index in [9.17, 15) is 9.90 Å². The summed E-state index contributed by atoms with van der Waals surface area (Å²) < 4.78 is 0. The molecule has 2 unspecified atom stereocenters. The molecule has 4 nitrogen and oxygen atoms in total. The summed E-state index contributed by atoms with van der Waals surface area (Å²) in [7, 11) is 0. The second-order valence-electron chi connectivity index (χ2n) is 5.26. The number of hydrogen-bond acceptors (Lipinski definition) is 3. The largest absolute Gasteiger partial charge is 0.392 e. The topological polar surface area (TPSA) is 52.6 Å². The fraction of sp³-hybridized carbons (Fsp3) is 0.750. The zero-order chi connectivity index (χ0) is 12.3. The van der Waals surface area contributed by atoms with Crippen LogP contribution in [0.1, 0.15) is 27.2 Å². The monoisotopic (exact) mass is 226 g/mol. The van der Waals surface area contributed by atoms with Gasteiger partial charge in [0.1, 0.15) is 0 Å². The van der Waals surface area contributed by atoms with Gasteiger partial charge in [-0.1, -0.05) is 6.08 Å². The Hall–Kier alpha value is -0.870. The molecule has 1 aliphatic heterocycles. The summed E-state index contributed by atoms with van der Waals surface area (Å²) in [5.41, 5.74) is -0.222. The first-order valence-electron chi connectivity index (χ1n) is 5.70. The minimum atomic E-state index is -0.403. The van der Waals surface area contributed by atoms with Gasteiger partial charge in [-0.25, -0.2) is 0 Å². The highest BCUT2D eigenvalue weighted by atomic mass is 16.3. The first kappa shape index (κ1) is 13.2. The summed E-state index contributed by atoms with van der Waals surface area (Å²) in [6, 6.07) is -0.255. The first-order valence-corrected chi connectivity index (χ1v) is 5.70. The molecule has 4 heteroatoms. The molecule has 1 amide bonds. The van der Waals surface area contributed by atoms with Crippen molar-refractivity contribution in [2.45, 2.75) is 44.9 Å². The van der Waals surface area contributed by atoms with E-state index in [1.54, 1.807) is 11.0 Å². The molecule has 2 atom stereocenters. The maximum Gasteiger partial charge on any atom is 0.240 e. The molecule has 1 saturated heterocycles. The Bertz CT molecular complexity index is 271. The standard InChI is InChI=1S/C12H22N2O2/c1-5-6-14(12(2,3)4)11(16)10-7-9(15)8-13-10/h5,9-10,13,15H,1,6-8H2,2-4H3. The van der Waals surface area contributed by atoms with Gasteiger partial charge < -0.3 is 15.3 Å². The Morgan fingerprint density at radius 1 is 1.62 bits per heavy atom. The van der Waals surface area contributed by atoms with Crippen LogP contribution in [0.15, 0.2) is 12.7 Å². The van der Waals surface area contributed by atoms with Crippen LogP contribution in [0.25, 0.3) is 0 Å². The Morgan fingerprint density at radius 2 is 2.25 bits per heavy atom. The molecule has 0 radical (unpaired) electrons. The molecule has 1 fully saturated rings. The van der Waals surface area contributed by atoms with Crippen LogP contribution in [0.5, 0.6) is 0 Å². The van der Waals surface area contributed by atoms with Crippen molar-refractivity contribution >= 4 is 5.91 Å². The number of carbonyl (C=O) groups is 1. The highest BCUT2D eigenvalue weighted by Crippen LogP contribution is 2.18. The molecule has 0 aromatic heterocycles. The van der Waals surface area contributed by atoms with Crippen LogP contribution < -0.4 is 5.32 Å². The zero-order valence-corrected chi connectivity index (χ0v) is 10.4. The van der Waals surface area contributed by atoms with Crippen LogP contribution in [-0.2, 0) is 4.79 Å². The van der Waals surface area contributed by atoms with Gasteiger partial charge in [-0.3, -0.25) is 4.79 Å². The number of β-amino-alcohol motifs (C(OH)–C–C–N with tert-alkyl or cyclic N) is 1. The Kier molecular flexibility index (Phi) is 4.10. The Morgan fingerprint density at radius 3 is 2.62 bits per heavy atom. The number of amides is 1. The second-order valence-corrected chi connectivity index (χ2v) is 5.26. The highest BCUT2D eigenvalue weighted by Gasteiger charge is 2.34. The van der Waals surface area contributed by atoms with Crippen molar-refractivity contribution in [3.63, 3.8) is 0 Å². The molecule has 1 aliphatic rings. The lowest BCUT2D eigenvalue weighted by Crippen LogP contribution is -2.52. The third-order valence-corrected chi connectivity index (χ3v) is 2.79. The van der Waals surface area contributed by atoms with E-state index >= 15 is 0 Å². The molecule has 92 valence electrons. The number of carbonyl (C=O) groups excluding carboxylic acids is 1. The lowest BCUT2D eigenvalue weighted by atomic mass is 10.0. The molecule has 16 heavy (non-hydrogen) atoms. The van der Waals surface area contributed by atoms with Crippen molar-refractivity contribution in [2.24, 2.45) is 0 Å². The Balaban J connectivity index is 2.71. The van der Waals surface area contributed by atoms with E-state index < -0.39 is 6.10 Å². The highest BCUT2D eigenvalue weighted by molar-refractivity contribution is 5.83. The molecular weight excluding hydrogens is 204 g/mol. The van der Waals surface area contributed by atoms with Gasteiger partial charge in [0.2, 0.25) is 5.91 Å². The third-order valence-electron chi connectivity index (χ3n) is 2.79. The lowest BCUT2D eigenvalue weighted by Gasteiger charge is -2.36. The predicted molar refractivity (Wildman–Crippen MR) is 64.1 cm³/mol. The summed E-state index contributed by atoms with van der Waals surface area (Å²) in [6.07, 6.45) is 1.83. The average Bonchev–Trinajstić information content (AvgIpc) is 2.58. The minimum absolute atomic E-state index is 0.0453. The minimum Gasteiger partial charge on any atom is -0.392 e. The molecule has 1 heterocycles. The molecule has 0 saturated carbocycles. The van der Waals surface area contributed by atoms with Crippen LogP contribution in [0.3, 0.4) is 0 Å². The predicted octanol–water partition coefficient (Wildman–Crippen LogP) is 0.522. The van der Waals surface area contributed by atoms with Crippen molar-refractivity contribution in [3.8, 4) is 0 Å². The number of nitrogens with one attached hydrogen (secondary N) is 1. The van der Waals surface area contributed by atoms with E-state index in [1.165, 1.54) is 0 Å². The molecule has 1 rings (SSSR count). The quantitative estimate of drug-likeness (QED) is 0.690. The average molecular weight is 226 g/mol. The van der Waals surface area contributed by atoms with Crippen molar-refractivity contribution in [1.82, 2.24) is 10.2 Å². The number of nitrogens with zero attached hydrogens (tertiary/aromatic N) is 1. The molecule has 0 spiro atoms. The normalized spacial score (nSPS) is 25.5. The van der Waals surface area contributed by atoms with Gasteiger partial charge in [-0.2, -0.15) is 0 Å². The number of aliphatic hydroxyl groups is 1. The second kappa shape index (κ2) is 4.97. The van der Waals surface area contributed by atoms with E-state index in [-0.39, 0.29) is 17.5 Å². The third kappa shape index (κ3) is 3.06. The smallest absolute Gasteiger partial charge is 0.240 e. The van der Waals surface area contributed by atoms with Crippen molar-refractivity contribution in [2.75, 3.05) is 13.1 Å². The van der Waals surface area contributed by atoms with Crippen LogP contribution >= 0.6 is 0 Å². The molecule has 0 aromatic carbocycles.